The third-order valence-electron chi connectivity index (χ3n) is 10.4. The van der Waals surface area contributed by atoms with E-state index in [1.807, 2.05) is 19.9 Å². The molecule has 5 N–H and O–H groups in total. The lowest BCUT2D eigenvalue weighted by Gasteiger charge is -2.47. The predicted molar refractivity (Wildman–Crippen MR) is 201 cm³/mol. The van der Waals surface area contributed by atoms with Crippen molar-refractivity contribution < 1.29 is 32.7 Å². The molecule has 0 spiro atoms. The number of benzene rings is 2. The van der Waals surface area contributed by atoms with Gasteiger partial charge in [-0.1, -0.05) is 108 Å². The third-order valence-corrected chi connectivity index (χ3v) is 12.8. The highest BCUT2D eigenvalue weighted by Crippen LogP contribution is 2.43. The maximum atomic E-state index is 15.3. The number of sulfone groups is 1. The van der Waals surface area contributed by atoms with Gasteiger partial charge in [-0.25, -0.2) is 8.42 Å². The zero-order chi connectivity index (χ0) is 38.2. The number of fused-ring (bicyclic) bond motifs is 1. The molecule has 11 nitrogen and oxygen atoms in total. The fraction of sp³-hybridized carbons (Fsp3) is 0.600. The number of hydrogen-bond donors (Lipinski definition) is 4. The van der Waals surface area contributed by atoms with E-state index >= 15 is 4.79 Å². The molecule has 2 aromatic rings. The van der Waals surface area contributed by atoms with Crippen molar-refractivity contribution in [3.8, 4) is 0 Å². The molecule has 1 fully saturated rings. The van der Waals surface area contributed by atoms with E-state index in [9.17, 15) is 27.9 Å². The standard InChI is InChI=1S/C40H58N4O7S/c1-26(2)24-40(36-22-31-18-12-13-19-35(31)52(36,50)51,44(28(5)45)38(48)32(41)20-29-14-8-6-9-15-29)39(49)43-33(21-30-16-10-7-11-17-30)34(46)23-37(47)42-25-27(3)4/h6,8-9,12-15,18-19,26-27,30,32-34,36,46H,7,10-11,16-17,20-25,41H2,1-5H3,(H,42,47)(H,43,49)/t32?,33-,34-,36-,40+/m0/s1. The Kier molecular flexibility index (Phi) is 14.2. The average Bonchev–Trinajstić information content (AvgIpc) is 3.37. The summed E-state index contributed by atoms with van der Waals surface area (Å²) in [6.07, 6.45) is 3.36. The van der Waals surface area contributed by atoms with Crippen LogP contribution in [0.25, 0.3) is 0 Å². The lowest BCUT2D eigenvalue weighted by atomic mass is 9.78. The minimum Gasteiger partial charge on any atom is -0.390 e. The summed E-state index contributed by atoms with van der Waals surface area (Å²) in [5.74, 6) is -2.94. The largest absolute Gasteiger partial charge is 0.390 e. The summed E-state index contributed by atoms with van der Waals surface area (Å²) in [6.45, 7) is 9.09. The van der Waals surface area contributed by atoms with Crippen molar-refractivity contribution in [1.29, 1.82) is 0 Å². The number of amides is 4. The van der Waals surface area contributed by atoms with Crippen LogP contribution in [0.2, 0.25) is 0 Å². The van der Waals surface area contributed by atoms with Crippen molar-refractivity contribution in [2.24, 2.45) is 23.5 Å². The SMILES string of the molecule is CC(=O)N(C(=O)C(N)Cc1ccccc1)[C@@](CC(C)C)(C(=O)N[C@@H](CC1CCCCC1)[C@@H](O)CC(=O)NCC(C)C)[C@@H]1Cc2ccccc2S1(=O)=O. The molecule has 1 saturated carbocycles. The number of imide groups is 1. The highest BCUT2D eigenvalue weighted by atomic mass is 32.2. The maximum Gasteiger partial charge on any atom is 0.248 e. The molecule has 1 unspecified atom stereocenters. The first-order valence-electron chi connectivity index (χ1n) is 18.8. The van der Waals surface area contributed by atoms with Crippen molar-refractivity contribution in [2.75, 3.05) is 6.54 Å². The molecule has 0 radical (unpaired) electrons. The quantitative estimate of drug-likeness (QED) is 0.199. The molecule has 0 bridgehead atoms. The molecule has 0 saturated heterocycles. The van der Waals surface area contributed by atoms with Crippen molar-refractivity contribution >= 4 is 33.5 Å². The number of nitrogens with zero attached hydrogens (tertiary/aromatic N) is 1. The van der Waals surface area contributed by atoms with Crippen LogP contribution in [0.4, 0.5) is 0 Å². The molecule has 5 atom stereocenters. The van der Waals surface area contributed by atoms with Gasteiger partial charge in [0, 0.05) is 13.5 Å². The van der Waals surface area contributed by atoms with Crippen molar-refractivity contribution in [2.45, 2.75) is 133 Å². The van der Waals surface area contributed by atoms with Gasteiger partial charge in [0.1, 0.15) is 10.8 Å². The van der Waals surface area contributed by atoms with Gasteiger partial charge in [-0.2, -0.15) is 0 Å². The number of nitrogens with two attached hydrogens (primary N) is 1. The number of aliphatic hydroxyl groups excluding tert-OH is 1. The molecule has 286 valence electrons. The minimum absolute atomic E-state index is 0.0473. The van der Waals surface area contributed by atoms with Gasteiger partial charge in [-0.05, 0) is 60.6 Å². The molecular weight excluding hydrogens is 681 g/mol. The lowest BCUT2D eigenvalue weighted by molar-refractivity contribution is -0.160. The zero-order valence-electron chi connectivity index (χ0n) is 31.3. The Hall–Kier alpha value is -3.61. The first-order chi connectivity index (χ1) is 24.6. The Morgan fingerprint density at radius 3 is 2.17 bits per heavy atom. The average molecular weight is 739 g/mol. The fourth-order valence-corrected chi connectivity index (χ4v) is 10.3. The molecule has 1 aliphatic carbocycles. The fourth-order valence-electron chi connectivity index (χ4n) is 8.03. The minimum atomic E-state index is -4.28. The number of aliphatic hydroxyl groups is 1. The van der Waals surface area contributed by atoms with E-state index in [4.69, 9.17) is 5.73 Å². The molecule has 12 heteroatoms. The van der Waals surface area contributed by atoms with Gasteiger partial charge in [-0.15, -0.1) is 0 Å². The Labute approximate surface area is 309 Å². The van der Waals surface area contributed by atoms with Gasteiger partial charge in [0.25, 0.3) is 0 Å². The summed E-state index contributed by atoms with van der Waals surface area (Å²) in [5.41, 5.74) is 5.51. The Morgan fingerprint density at radius 2 is 1.58 bits per heavy atom. The van der Waals surface area contributed by atoms with Crippen LogP contribution in [0, 0.1) is 17.8 Å². The van der Waals surface area contributed by atoms with E-state index < -0.39 is 56.5 Å². The van der Waals surface area contributed by atoms with E-state index in [-0.39, 0.29) is 54.2 Å². The normalized spacial score (nSPS) is 20.0. The molecule has 4 rings (SSSR count). The summed E-state index contributed by atoms with van der Waals surface area (Å²) in [4.78, 5) is 57.6. The first kappa shape index (κ1) is 41.2. The van der Waals surface area contributed by atoms with Crippen LogP contribution in [0.5, 0.6) is 0 Å². The molecule has 52 heavy (non-hydrogen) atoms. The summed E-state index contributed by atoms with van der Waals surface area (Å²) in [5, 5.41) is 15.9. The van der Waals surface area contributed by atoms with E-state index in [1.165, 1.54) is 6.07 Å². The van der Waals surface area contributed by atoms with Crippen molar-refractivity contribution in [3.05, 3.63) is 65.7 Å². The van der Waals surface area contributed by atoms with Crippen molar-refractivity contribution in [1.82, 2.24) is 15.5 Å². The van der Waals surface area contributed by atoms with E-state index in [0.717, 1.165) is 49.5 Å². The number of hydrogen-bond acceptors (Lipinski definition) is 8. The van der Waals surface area contributed by atoms with Gasteiger partial charge in [-0.3, -0.25) is 24.1 Å². The van der Waals surface area contributed by atoms with Gasteiger partial charge in [0.15, 0.2) is 9.84 Å². The first-order valence-corrected chi connectivity index (χ1v) is 20.3. The zero-order valence-corrected chi connectivity index (χ0v) is 32.2. The molecule has 4 amide bonds. The second kappa shape index (κ2) is 17.9. The molecule has 2 aliphatic rings. The van der Waals surface area contributed by atoms with Crippen LogP contribution >= 0.6 is 0 Å². The van der Waals surface area contributed by atoms with Gasteiger partial charge in [0.2, 0.25) is 23.6 Å². The maximum absolute atomic E-state index is 15.3. The van der Waals surface area contributed by atoms with Crippen LogP contribution < -0.4 is 16.4 Å². The molecule has 1 heterocycles. The Balaban J connectivity index is 1.84. The summed E-state index contributed by atoms with van der Waals surface area (Å²) in [7, 11) is -4.28. The van der Waals surface area contributed by atoms with E-state index in [0.29, 0.717) is 18.5 Å². The summed E-state index contributed by atoms with van der Waals surface area (Å²) >= 11 is 0. The van der Waals surface area contributed by atoms with Gasteiger partial charge in [0.05, 0.1) is 29.5 Å². The number of rotatable bonds is 16. The Bertz CT molecular complexity index is 1660. The summed E-state index contributed by atoms with van der Waals surface area (Å²) < 4.78 is 29.1. The number of carbonyl (C=O) groups excluding carboxylic acids is 4. The van der Waals surface area contributed by atoms with Crippen LogP contribution in [-0.2, 0) is 41.9 Å². The molecule has 2 aromatic carbocycles. The second-order valence-corrected chi connectivity index (χ2v) is 17.7. The smallest absolute Gasteiger partial charge is 0.248 e. The number of nitrogens with one attached hydrogen (secondary N) is 2. The molecular formula is C40H58N4O7S. The van der Waals surface area contributed by atoms with Crippen molar-refractivity contribution in [3.63, 3.8) is 0 Å². The third kappa shape index (κ3) is 9.68. The number of carbonyl (C=O) groups is 4. The Morgan fingerprint density at radius 1 is 0.942 bits per heavy atom. The van der Waals surface area contributed by atoms with Gasteiger partial charge < -0.3 is 21.5 Å². The molecule has 1 aliphatic heterocycles. The van der Waals surface area contributed by atoms with E-state index in [2.05, 4.69) is 10.6 Å². The van der Waals surface area contributed by atoms with E-state index in [1.54, 1.807) is 56.3 Å². The summed E-state index contributed by atoms with van der Waals surface area (Å²) in [6, 6.07) is 13.3. The highest BCUT2D eigenvalue weighted by Gasteiger charge is 2.61. The van der Waals surface area contributed by atoms with Crippen LogP contribution in [-0.4, -0.2) is 77.6 Å². The van der Waals surface area contributed by atoms with Crippen LogP contribution in [0.15, 0.2) is 59.5 Å². The predicted octanol–water partition coefficient (Wildman–Crippen LogP) is 4.09. The van der Waals surface area contributed by atoms with Crippen LogP contribution in [0.1, 0.15) is 97.1 Å². The topological polar surface area (TPSA) is 176 Å². The highest BCUT2D eigenvalue weighted by molar-refractivity contribution is 7.92. The second-order valence-electron chi connectivity index (χ2n) is 15.6. The lowest BCUT2D eigenvalue weighted by Crippen LogP contribution is -2.72. The molecule has 0 aromatic heterocycles. The van der Waals surface area contributed by atoms with Gasteiger partial charge >= 0.3 is 0 Å². The monoisotopic (exact) mass is 738 g/mol. The van der Waals surface area contributed by atoms with Crippen LogP contribution in [0.3, 0.4) is 0 Å².